The van der Waals surface area contributed by atoms with Crippen LogP contribution in [0.3, 0.4) is 0 Å². The fourth-order valence-electron chi connectivity index (χ4n) is 2.22. The predicted molar refractivity (Wildman–Crippen MR) is 79.5 cm³/mol. The van der Waals surface area contributed by atoms with E-state index in [1.165, 1.54) is 12.8 Å². The number of carbonyl (C=O) groups is 1. The van der Waals surface area contributed by atoms with Crippen molar-refractivity contribution in [2.75, 3.05) is 5.32 Å². The second kappa shape index (κ2) is 5.52. The second-order valence-corrected chi connectivity index (χ2v) is 5.47. The van der Waals surface area contributed by atoms with Crippen LogP contribution in [0.5, 0.6) is 0 Å². The zero-order valence-electron chi connectivity index (χ0n) is 11.8. The number of nitrogens with one attached hydrogen (secondary N) is 1. The number of aryl methyl sites for hydroxylation is 1. The van der Waals surface area contributed by atoms with Crippen LogP contribution >= 0.6 is 0 Å². The van der Waals surface area contributed by atoms with E-state index in [4.69, 9.17) is 5.11 Å². The maximum Gasteiger partial charge on any atom is 0.335 e. The molecule has 1 fully saturated rings. The van der Waals surface area contributed by atoms with E-state index in [0.29, 0.717) is 12.5 Å². The van der Waals surface area contributed by atoms with Crippen LogP contribution in [-0.2, 0) is 6.54 Å². The average Bonchev–Trinajstić information content (AvgIpc) is 3.30. The fourth-order valence-corrected chi connectivity index (χ4v) is 2.22. The molecular weight excluding hydrogens is 266 g/mol. The molecule has 1 heterocycles. The molecule has 1 aromatic carbocycles. The lowest BCUT2D eigenvalue weighted by Crippen LogP contribution is -2.04. The number of carboxylic acids is 1. The highest BCUT2D eigenvalue weighted by molar-refractivity contribution is 5.89. The highest BCUT2D eigenvalue weighted by Crippen LogP contribution is 2.37. The second-order valence-electron chi connectivity index (χ2n) is 5.47. The van der Waals surface area contributed by atoms with Gasteiger partial charge in [0.1, 0.15) is 5.82 Å². The van der Waals surface area contributed by atoms with Crippen molar-refractivity contribution in [3.8, 4) is 0 Å². The van der Waals surface area contributed by atoms with E-state index in [2.05, 4.69) is 15.3 Å². The monoisotopic (exact) mass is 283 g/mol. The van der Waals surface area contributed by atoms with Crippen LogP contribution in [0.4, 0.5) is 5.69 Å². The number of benzene rings is 1. The van der Waals surface area contributed by atoms with Crippen LogP contribution in [0.25, 0.3) is 0 Å². The van der Waals surface area contributed by atoms with Crippen molar-refractivity contribution >= 4 is 11.7 Å². The summed E-state index contributed by atoms with van der Waals surface area (Å²) in [6.45, 7) is 2.46. The van der Waals surface area contributed by atoms with Crippen LogP contribution in [-0.4, -0.2) is 21.0 Å². The van der Waals surface area contributed by atoms with Gasteiger partial charge >= 0.3 is 5.97 Å². The minimum absolute atomic E-state index is 0.290. The molecule has 5 nitrogen and oxygen atoms in total. The third kappa shape index (κ3) is 3.37. The molecule has 2 N–H and O–H groups in total. The van der Waals surface area contributed by atoms with E-state index in [0.717, 1.165) is 22.6 Å². The number of aromatic carboxylic acids is 1. The minimum atomic E-state index is -0.918. The van der Waals surface area contributed by atoms with Gasteiger partial charge in [-0.15, -0.1) is 0 Å². The molecule has 0 saturated heterocycles. The lowest BCUT2D eigenvalue weighted by atomic mass is 10.1. The Hall–Kier alpha value is -2.43. The molecule has 1 aliphatic rings. The van der Waals surface area contributed by atoms with Gasteiger partial charge in [0.2, 0.25) is 0 Å². The summed E-state index contributed by atoms with van der Waals surface area (Å²) in [7, 11) is 0. The van der Waals surface area contributed by atoms with Crippen LogP contribution in [0.2, 0.25) is 0 Å². The van der Waals surface area contributed by atoms with Crippen molar-refractivity contribution in [2.45, 2.75) is 32.2 Å². The summed E-state index contributed by atoms with van der Waals surface area (Å²) in [5.41, 5.74) is 2.98. The molecule has 0 bridgehead atoms. The Morgan fingerprint density at radius 2 is 2.00 bits per heavy atom. The van der Waals surface area contributed by atoms with Crippen LogP contribution in [0, 0.1) is 6.92 Å². The Kier molecular flexibility index (Phi) is 3.56. The Morgan fingerprint density at radius 1 is 1.29 bits per heavy atom. The third-order valence-electron chi connectivity index (χ3n) is 3.49. The van der Waals surface area contributed by atoms with Crippen molar-refractivity contribution in [2.24, 2.45) is 0 Å². The van der Waals surface area contributed by atoms with Gasteiger partial charge in [-0.25, -0.2) is 14.8 Å². The first kappa shape index (κ1) is 13.5. The van der Waals surface area contributed by atoms with E-state index < -0.39 is 5.97 Å². The number of aromatic nitrogens is 2. The number of anilines is 1. The molecule has 3 rings (SSSR count). The summed E-state index contributed by atoms with van der Waals surface area (Å²) in [5.74, 6) is 0.572. The number of hydrogen-bond acceptors (Lipinski definition) is 4. The largest absolute Gasteiger partial charge is 0.478 e. The van der Waals surface area contributed by atoms with Crippen LogP contribution in [0.1, 0.15) is 46.1 Å². The normalized spacial score (nSPS) is 14.0. The molecule has 0 aliphatic heterocycles. The third-order valence-corrected chi connectivity index (χ3v) is 3.49. The van der Waals surface area contributed by atoms with Crippen molar-refractivity contribution < 1.29 is 9.90 Å². The van der Waals surface area contributed by atoms with Gasteiger partial charge in [0, 0.05) is 36.1 Å². The lowest BCUT2D eigenvalue weighted by Gasteiger charge is -2.09. The molecule has 1 aromatic heterocycles. The number of carboxylic acid groups (broad SMARTS) is 1. The number of rotatable bonds is 5. The molecular formula is C16H17N3O2. The summed E-state index contributed by atoms with van der Waals surface area (Å²) in [4.78, 5) is 19.8. The molecule has 0 radical (unpaired) electrons. The first-order valence-corrected chi connectivity index (χ1v) is 7.01. The van der Waals surface area contributed by atoms with E-state index in [1.807, 2.05) is 25.4 Å². The molecule has 0 unspecified atom stereocenters. The topological polar surface area (TPSA) is 75.1 Å². The quantitative estimate of drug-likeness (QED) is 0.882. The van der Waals surface area contributed by atoms with Gasteiger partial charge in [-0.1, -0.05) is 0 Å². The van der Waals surface area contributed by atoms with E-state index >= 15 is 0 Å². The average molecular weight is 283 g/mol. The van der Waals surface area contributed by atoms with Gasteiger partial charge < -0.3 is 10.4 Å². The zero-order valence-corrected chi connectivity index (χ0v) is 11.8. The Balaban J connectivity index is 1.67. The van der Waals surface area contributed by atoms with Gasteiger partial charge in [0.25, 0.3) is 0 Å². The standard InChI is InChI=1S/C16H17N3O2/c1-10-4-13(16(20)21)6-14(5-10)17-7-11-8-18-15(19-9-11)12-2-3-12/h4-6,8-9,12,17H,2-3,7H2,1H3,(H,20,21). The summed E-state index contributed by atoms with van der Waals surface area (Å²) in [5, 5.41) is 12.3. The molecule has 0 amide bonds. The SMILES string of the molecule is Cc1cc(NCc2cnc(C3CC3)nc2)cc(C(=O)O)c1. The summed E-state index contributed by atoms with van der Waals surface area (Å²) in [6.07, 6.45) is 6.06. The maximum atomic E-state index is 11.0. The Labute approximate surface area is 123 Å². The highest BCUT2D eigenvalue weighted by atomic mass is 16.4. The Morgan fingerprint density at radius 3 is 2.62 bits per heavy atom. The van der Waals surface area contributed by atoms with Crippen LogP contribution in [0.15, 0.2) is 30.6 Å². The lowest BCUT2D eigenvalue weighted by molar-refractivity contribution is 0.0697. The predicted octanol–water partition coefficient (Wildman–Crippen LogP) is 2.97. The van der Waals surface area contributed by atoms with Crippen molar-refractivity contribution in [3.63, 3.8) is 0 Å². The first-order valence-electron chi connectivity index (χ1n) is 7.01. The van der Waals surface area contributed by atoms with E-state index in [1.54, 1.807) is 12.1 Å². The van der Waals surface area contributed by atoms with Gasteiger partial charge in [0.15, 0.2) is 0 Å². The molecule has 2 aromatic rings. The van der Waals surface area contributed by atoms with Crippen LogP contribution < -0.4 is 5.32 Å². The molecule has 0 spiro atoms. The van der Waals surface area contributed by atoms with Crippen molar-refractivity contribution in [1.29, 1.82) is 0 Å². The van der Waals surface area contributed by atoms with Crippen molar-refractivity contribution in [3.05, 3.63) is 53.1 Å². The smallest absolute Gasteiger partial charge is 0.335 e. The summed E-state index contributed by atoms with van der Waals surface area (Å²) in [6, 6.07) is 5.21. The molecule has 0 atom stereocenters. The van der Waals surface area contributed by atoms with Gasteiger partial charge in [-0.3, -0.25) is 0 Å². The van der Waals surface area contributed by atoms with E-state index in [-0.39, 0.29) is 5.56 Å². The maximum absolute atomic E-state index is 11.0. The number of nitrogens with zero attached hydrogens (tertiary/aromatic N) is 2. The van der Waals surface area contributed by atoms with Gasteiger partial charge in [-0.05, 0) is 43.5 Å². The molecule has 21 heavy (non-hydrogen) atoms. The van der Waals surface area contributed by atoms with Gasteiger partial charge in [0.05, 0.1) is 5.56 Å². The molecule has 108 valence electrons. The Bertz CT molecular complexity index is 664. The summed E-state index contributed by atoms with van der Waals surface area (Å²) < 4.78 is 0. The highest BCUT2D eigenvalue weighted by Gasteiger charge is 2.25. The molecule has 5 heteroatoms. The number of hydrogen-bond donors (Lipinski definition) is 2. The molecule has 1 aliphatic carbocycles. The minimum Gasteiger partial charge on any atom is -0.478 e. The first-order chi connectivity index (χ1) is 10.1. The van der Waals surface area contributed by atoms with E-state index in [9.17, 15) is 4.79 Å². The zero-order chi connectivity index (χ0) is 14.8. The van der Waals surface area contributed by atoms with Crippen molar-refractivity contribution in [1.82, 2.24) is 9.97 Å². The van der Waals surface area contributed by atoms with Gasteiger partial charge in [-0.2, -0.15) is 0 Å². The summed E-state index contributed by atoms with van der Waals surface area (Å²) >= 11 is 0. The molecule has 1 saturated carbocycles. The fraction of sp³-hybridized carbons (Fsp3) is 0.312.